The van der Waals surface area contributed by atoms with E-state index in [1.807, 2.05) is 0 Å². The molecule has 0 bridgehead atoms. The van der Waals surface area contributed by atoms with Crippen molar-refractivity contribution in [2.45, 2.75) is 37.6 Å². The zero-order chi connectivity index (χ0) is 13.0. The normalized spacial score (nSPS) is 36.2. The third-order valence-electron chi connectivity index (χ3n) is 2.45. The summed E-state index contributed by atoms with van der Waals surface area (Å²) in [5.74, 6) is -0.440. The second kappa shape index (κ2) is 6.39. The first-order valence-electron chi connectivity index (χ1n) is 5.21. The van der Waals surface area contributed by atoms with Gasteiger partial charge in [-0.3, -0.25) is 0 Å². The van der Waals surface area contributed by atoms with Gasteiger partial charge in [-0.2, -0.15) is 0 Å². The van der Waals surface area contributed by atoms with Gasteiger partial charge in [0.2, 0.25) is 0 Å². The Balaban J connectivity index is 2.50. The SMILES string of the molecule is CC(F)=CCOC1OC(C(O)CO)C(O)C1O. The van der Waals surface area contributed by atoms with Crippen LogP contribution in [0.4, 0.5) is 4.39 Å². The molecule has 17 heavy (non-hydrogen) atoms. The average Bonchev–Trinajstić information content (AvgIpc) is 2.56. The van der Waals surface area contributed by atoms with Crippen LogP contribution in [0, 0.1) is 0 Å². The number of hydrogen-bond donors (Lipinski definition) is 4. The molecule has 5 atom stereocenters. The number of rotatable bonds is 5. The average molecular weight is 252 g/mol. The molecule has 4 N–H and O–H groups in total. The lowest BCUT2D eigenvalue weighted by molar-refractivity contribution is -0.175. The molecule has 0 aromatic rings. The topological polar surface area (TPSA) is 99.4 Å². The lowest BCUT2D eigenvalue weighted by Gasteiger charge is -2.18. The first kappa shape index (κ1) is 14.5. The van der Waals surface area contributed by atoms with Gasteiger partial charge in [0.25, 0.3) is 0 Å². The first-order valence-corrected chi connectivity index (χ1v) is 5.21. The highest BCUT2D eigenvalue weighted by atomic mass is 19.1. The summed E-state index contributed by atoms with van der Waals surface area (Å²) in [5.41, 5.74) is 0. The van der Waals surface area contributed by atoms with Crippen molar-refractivity contribution in [2.75, 3.05) is 13.2 Å². The predicted molar refractivity (Wildman–Crippen MR) is 54.6 cm³/mol. The van der Waals surface area contributed by atoms with Crippen LogP contribution in [0.1, 0.15) is 6.92 Å². The molecule has 0 aromatic carbocycles. The van der Waals surface area contributed by atoms with Gasteiger partial charge < -0.3 is 29.9 Å². The van der Waals surface area contributed by atoms with Crippen LogP contribution in [-0.2, 0) is 9.47 Å². The van der Waals surface area contributed by atoms with Crippen LogP contribution in [0.5, 0.6) is 0 Å². The Morgan fingerprint density at radius 3 is 2.65 bits per heavy atom. The maximum atomic E-state index is 12.4. The Kier molecular flexibility index (Phi) is 5.44. The van der Waals surface area contributed by atoms with Crippen molar-refractivity contribution >= 4 is 0 Å². The highest BCUT2D eigenvalue weighted by Gasteiger charge is 2.46. The maximum absolute atomic E-state index is 12.4. The maximum Gasteiger partial charge on any atom is 0.187 e. The minimum Gasteiger partial charge on any atom is -0.394 e. The van der Waals surface area contributed by atoms with E-state index in [2.05, 4.69) is 0 Å². The van der Waals surface area contributed by atoms with Crippen LogP contribution in [0.3, 0.4) is 0 Å². The van der Waals surface area contributed by atoms with E-state index in [-0.39, 0.29) is 6.61 Å². The number of allylic oxidation sites excluding steroid dienone is 1. The highest BCUT2D eigenvalue weighted by Crippen LogP contribution is 2.24. The van der Waals surface area contributed by atoms with Crippen LogP contribution in [0.15, 0.2) is 11.9 Å². The van der Waals surface area contributed by atoms with Gasteiger partial charge in [-0.1, -0.05) is 0 Å². The number of aliphatic hydroxyl groups is 4. The zero-order valence-corrected chi connectivity index (χ0v) is 9.36. The van der Waals surface area contributed by atoms with E-state index in [0.29, 0.717) is 0 Å². The van der Waals surface area contributed by atoms with E-state index in [9.17, 15) is 19.7 Å². The summed E-state index contributed by atoms with van der Waals surface area (Å²) in [6, 6.07) is 0. The quantitative estimate of drug-likeness (QED) is 0.484. The molecular weight excluding hydrogens is 235 g/mol. The Bertz CT molecular complexity index is 268. The van der Waals surface area contributed by atoms with Crippen molar-refractivity contribution in [2.24, 2.45) is 0 Å². The van der Waals surface area contributed by atoms with Crippen molar-refractivity contribution in [1.82, 2.24) is 0 Å². The highest BCUT2D eigenvalue weighted by molar-refractivity contribution is 4.92. The van der Waals surface area contributed by atoms with Gasteiger partial charge in [0.15, 0.2) is 6.29 Å². The molecule has 6 nitrogen and oxygen atoms in total. The summed E-state index contributed by atoms with van der Waals surface area (Å²) >= 11 is 0. The smallest absolute Gasteiger partial charge is 0.187 e. The lowest BCUT2D eigenvalue weighted by atomic mass is 10.1. The number of ether oxygens (including phenoxy) is 2. The second-order valence-electron chi connectivity index (χ2n) is 3.82. The molecule has 5 unspecified atom stereocenters. The molecule has 1 aliphatic heterocycles. The standard InChI is InChI=1S/C10H17FO6/c1-5(11)2-3-16-10-8(15)7(14)9(17-10)6(13)4-12/h2,6-10,12-15H,3-4H2,1H3. The molecule has 1 saturated heterocycles. The summed E-state index contributed by atoms with van der Waals surface area (Å²) in [7, 11) is 0. The fraction of sp³-hybridized carbons (Fsp3) is 0.800. The van der Waals surface area contributed by atoms with Crippen LogP contribution >= 0.6 is 0 Å². The largest absolute Gasteiger partial charge is 0.394 e. The molecule has 1 rings (SSSR count). The van der Waals surface area contributed by atoms with Crippen LogP contribution in [0.25, 0.3) is 0 Å². The molecular formula is C10H17FO6. The van der Waals surface area contributed by atoms with Gasteiger partial charge in [0.1, 0.15) is 24.4 Å². The second-order valence-corrected chi connectivity index (χ2v) is 3.82. The molecule has 0 saturated carbocycles. The molecule has 0 aromatic heterocycles. The Morgan fingerprint density at radius 2 is 2.12 bits per heavy atom. The summed E-state index contributed by atoms with van der Waals surface area (Å²) in [6.45, 7) is 0.506. The predicted octanol–water partition coefficient (Wildman–Crippen LogP) is -1.32. The molecule has 0 aliphatic carbocycles. The molecule has 0 amide bonds. The Labute approximate surface area is 97.9 Å². The molecule has 100 valence electrons. The van der Waals surface area contributed by atoms with E-state index in [1.165, 1.54) is 6.92 Å². The summed E-state index contributed by atoms with van der Waals surface area (Å²) in [6.07, 6.45) is -5.18. The van der Waals surface area contributed by atoms with Gasteiger partial charge in [-0.15, -0.1) is 0 Å². The monoisotopic (exact) mass is 252 g/mol. The minimum atomic E-state index is -1.36. The molecule has 7 heteroatoms. The Morgan fingerprint density at radius 1 is 1.47 bits per heavy atom. The zero-order valence-electron chi connectivity index (χ0n) is 9.36. The molecule has 0 spiro atoms. The molecule has 1 heterocycles. The minimum absolute atomic E-state index is 0.126. The fourth-order valence-electron chi connectivity index (χ4n) is 1.49. The first-order chi connectivity index (χ1) is 7.97. The fourth-order valence-corrected chi connectivity index (χ4v) is 1.49. The Hall–Kier alpha value is -0.570. The third kappa shape index (κ3) is 3.70. The number of aliphatic hydroxyl groups excluding tert-OH is 4. The van der Waals surface area contributed by atoms with Crippen LogP contribution < -0.4 is 0 Å². The molecule has 1 aliphatic rings. The van der Waals surface area contributed by atoms with Crippen molar-refractivity contribution in [1.29, 1.82) is 0 Å². The van der Waals surface area contributed by atoms with Gasteiger partial charge in [-0.05, 0) is 13.0 Å². The summed E-state index contributed by atoms with van der Waals surface area (Å²) in [4.78, 5) is 0. The van der Waals surface area contributed by atoms with Gasteiger partial charge in [-0.25, -0.2) is 4.39 Å². The number of halogens is 1. The van der Waals surface area contributed by atoms with Gasteiger partial charge in [0, 0.05) is 0 Å². The summed E-state index contributed by atoms with van der Waals surface area (Å²) < 4.78 is 22.4. The van der Waals surface area contributed by atoms with E-state index in [4.69, 9.17) is 14.6 Å². The van der Waals surface area contributed by atoms with Gasteiger partial charge >= 0.3 is 0 Å². The summed E-state index contributed by atoms with van der Waals surface area (Å²) in [5, 5.41) is 37.1. The number of hydrogen-bond acceptors (Lipinski definition) is 6. The van der Waals surface area contributed by atoms with Crippen molar-refractivity contribution in [3.05, 3.63) is 11.9 Å². The van der Waals surface area contributed by atoms with Gasteiger partial charge in [0.05, 0.1) is 19.0 Å². The van der Waals surface area contributed by atoms with E-state index in [0.717, 1.165) is 6.08 Å². The van der Waals surface area contributed by atoms with E-state index < -0.39 is 43.1 Å². The van der Waals surface area contributed by atoms with Crippen molar-refractivity contribution < 1.29 is 34.3 Å². The molecule has 1 fully saturated rings. The van der Waals surface area contributed by atoms with Crippen molar-refractivity contribution in [3.63, 3.8) is 0 Å². The van der Waals surface area contributed by atoms with Crippen molar-refractivity contribution in [3.8, 4) is 0 Å². The third-order valence-corrected chi connectivity index (χ3v) is 2.45. The lowest BCUT2D eigenvalue weighted by Crippen LogP contribution is -2.40. The van der Waals surface area contributed by atoms with E-state index >= 15 is 0 Å². The van der Waals surface area contributed by atoms with E-state index in [1.54, 1.807) is 0 Å². The van der Waals surface area contributed by atoms with Crippen LogP contribution in [-0.4, -0.2) is 64.3 Å². The molecule has 0 radical (unpaired) electrons. The van der Waals surface area contributed by atoms with Crippen LogP contribution in [0.2, 0.25) is 0 Å².